The Bertz CT molecular complexity index is 167. The Labute approximate surface area is 69.6 Å². The van der Waals surface area contributed by atoms with Crippen molar-refractivity contribution in [3.63, 3.8) is 0 Å². The predicted molar refractivity (Wildman–Crippen MR) is 45.4 cm³/mol. The lowest BCUT2D eigenvalue weighted by Crippen LogP contribution is -1.91. The van der Waals surface area contributed by atoms with Crippen molar-refractivity contribution >= 4 is 15.9 Å². The molecule has 10 heavy (non-hydrogen) atoms. The summed E-state index contributed by atoms with van der Waals surface area (Å²) in [5.74, 6) is 0. The molecule has 0 aliphatic rings. The van der Waals surface area contributed by atoms with Gasteiger partial charge in [0.2, 0.25) is 0 Å². The zero-order chi connectivity index (χ0) is 7.40. The zero-order valence-electron chi connectivity index (χ0n) is 6.01. The van der Waals surface area contributed by atoms with E-state index in [0.717, 1.165) is 6.42 Å². The second-order valence-electron chi connectivity index (χ2n) is 2.45. The molecule has 1 heterocycles. The largest absolute Gasteiger partial charge is 0.472 e. The van der Waals surface area contributed by atoms with Crippen LogP contribution in [0.2, 0.25) is 0 Å². The quantitative estimate of drug-likeness (QED) is 0.688. The molecule has 0 bridgehead atoms. The highest BCUT2D eigenvalue weighted by molar-refractivity contribution is 9.09. The number of aryl methyl sites for hydroxylation is 1. The minimum atomic E-state index is 0.599. The van der Waals surface area contributed by atoms with E-state index in [1.54, 1.807) is 12.5 Å². The lowest BCUT2D eigenvalue weighted by atomic mass is 10.2. The smallest absolute Gasteiger partial charge is 0.0934 e. The molecule has 0 amide bonds. The van der Waals surface area contributed by atoms with Crippen LogP contribution in [0.1, 0.15) is 18.9 Å². The Morgan fingerprint density at radius 2 is 2.50 bits per heavy atom. The maximum absolute atomic E-state index is 4.93. The first-order valence-electron chi connectivity index (χ1n) is 3.44. The molecule has 1 rings (SSSR count). The van der Waals surface area contributed by atoms with Gasteiger partial charge in [0.1, 0.15) is 0 Å². The molecule has 1 atom stereocenters. The van der Waals surface area contributed by atoms with Crippen molar-refractivity contribution in [3.8, 4) is 0 Å². The van der Waals surface area contributed by atoms with Gasteiger partial charge in [-0.05, 0) is 24.5 Å². The van der Waals surface area contributed by atoms with Gasteiger partial charge < -0.3 is 4.42 Å². The second kappa shape index (κ2) is 3.81. The molecule has 0 radical (unpaired) electrons. The van der Waals surface area contributed by atoms with Crippen molar-refractivity contribution in [3.05, 3.63) is 24.2 Å². The molecule has 0 spiro atoms. The van der Waals surface area contributed by atoms with E-state index >= 15 is 0 Å². The Hall–Kier alpha value is -0.240. The Kier molecular flexibility index (Phi) is 3.00. The van der Waals surface area contributed by atoms with Crippen LogP contribution < -0.4 is 0 Å². The van der Waals surface area contributed by atoms with Gasteiger partial charge in [0.25, 0.3) is 0 Å². The molecule has 56 valence electrons. The molecule has 0 aliphatic carbocycles. The average molecular weight is 203 g/mol. The van der Waals surface area contributed by atoms with Crippen LogP contribution in [0.3, 0.4) is 0 Å². The Morgan fingerprint density at radius 3 is 3.00 bits per heavy atom. The first-order valence-corrected chi connectivity index (χ1v) is 4.36. The van der Waals surface area contributed by atoms with Crippen LogP contribution in [-0.2, 0) is 6.42 Å². The number of hydrogen-bond donors (Lipinski definition) is 0. The molecule has 0 N–H and O–H groups in total. The van der Waals surface area contributed by atoms with Crippen LogP contribution in [0.5, 0.6) is 0 Å². The first-order chi connectivity index (χ1) is 4.79. The van der Waals surface area contributed by atoms with Gasteiger partial charge in [-0.15, -0.1) is 0 Å². The van der Waals surface area contributed by atoms with Crippen molar-refractivity contribution in [2.75, 3.05) is 0 Å². The van der Waals surface area contributed by atoms with E-state index in [2.05, 4.69) is 22.9 Å². The van der Waals surface area contributed by atoms with E-state index in [1.165, 1.54) is 12.0 Å². The van der Waals surface area contributed by atoms with E-state index in [1.807, 2.05) is 6.07 Å². The van der Waals surface area contributed by atoms with Crippen LogP contribution >= 0.6 is 15.9 Å². The zero-order valence-corrected chi connectivity index (χ0v) is 7.60. The van der Waals surface area contributed by atoms with Gasteiger partial charge in [-0.2, -0.15) is 0 Å². The minimum Gasteiger partial charge on any atom is -0.472 e. The average Bonchev–Trinajstić information content (AvgIpc) is 2.34. The number of furan rings is 1. The SMILES string of the molecule is CC(Br)CCc1ccoc1. The summed E-state index contributed by atoms with van der Waals surface area (Å²) in [5.41, 5.74) is 1.28. The summed E-state index contributed by atoms with van der Waals surface area (Å²) in [5, 5.41) is 0. The molecule has 0 aromatic carbocycles. The molecular weight excluding hydrogens is 192 g/mol. The second-order valence-corrected chi connectivity index (χ2v) is 4.01. The van der Waals surface area contributed by atoms with Gasteiger partial charge >= 0.3 is 0 Å². The van der Waals surface area contributed by atoms with Crippen molar-refractivity contribution in [1.29, 1.82) is 0 Å². The fourth-order valence-electron chi connectivity index (χ4n) is 0.800. The van der Waals surface area contributed by atoms with E-state index < -0.39 is 0 Å². The van der Waals surface area contributed by atoms with Crippen molar-refractivity contribution in [1.82, 2.24) is 0 Å². The summed E-state index contributed by atoms with van der Waals surface area (Å²) in [6, 6.07) is 2.01. The van der Waals surface area contributed by atoms with Gasteiger partial charge in [-0.3, -0.25) is 0 Å². The third-order valence-electron chi connectivity index (χ3n) is 1.41. The molecule has 0 saturated heterocycles. The molecule has 0 aliphatic heterocycles. The molecule has 1 nitrogen and oxygen atoms in total. The van der Waals surface area contributed by atoms with Gasteiger partial charge in [-0.1, -0.05) is 22.9 Å². The highest BCUT2D eigenvalue weighted by Crippen LogP contribution is 2.09. The van der Waals surface area contributed by atoms with Crippen molar-refractivity contribution in [2.24, 2.45) is 0 Å². The molecule has 2 heteroatoms. The number of halogens is 1. The van der Waals surface area contributed by atoms with E-state index in [9.17, 15) is 0 Å². The summed E-state index contributed by atoms with van der Waals surface area (Å²) < 4.78 is 4.93. The fraction of sp³-hybridized carbons (Fsp3) is 0.500. The topological polar surface area (TPSA) is 13.1 Å². The normalized spacial score (nSPS) is 13.4. The Morgan fingerprint density at radius 1 is 1.70 bits per heavy atom. The van der Waals surface area contributed by atoms with Crippen LogP contribution in [-0.4, -0.2) is 4.83 Å². The summed E-state index contributed by atoms with van der Waals surface area (Å²) in [6.07, 6.45) is 5.78. The molecule has 0 saturated carbocycles. The summed E-state index contributed by atoms with van der Waals surface area (Å²) >= 11 is 3.49. The van der Waals surface area contributed by atoms with Gasteiger partial charge in [-0.25, -0.2) is 0 Å². The number of hydrogen-bond acceptors (Lipinski definition) is 1. The molecule has 0 fully saturated rings. The van der Waals surface area contributed by atoms with Crippen molar-refractivity contribution < 1.29 is 4.42 Å². The van der Waals surface area contributed by atoms with E-state index in [0.29, 0.717) is 4.83 Å². The van der Waals surface area contributed by atoms with Crippen LogP contribution in [0.25, 0.3) is 0 Å². The third kappa shape index (κ3) is 2.56. The van der Waals surface area contributed by atoms with Crippen molar-refractivity contribution in [2.45, 2.75) is 24.6 Å². The standard InChI is InChI=1S/C8H11BrO/c1-7(9)2-3-8-4-5-10-6-8/h4-7H,2-3H2,1H3. The minimum absolute atomic E-state index is 0.599. The third-order valence-corrected chi connectivity index (χ3v) is 1.87. The summed E-state index contributed by atoms with van der Waals surface area (Å²) in [7, 11) is 0. The van der Waals surface area contributed by atoms with Gasteiger partial charge in [0.05, 0.1) is 12.5 Å². The molecule has 1 unspecified atom stereocenters. The monoisotopic (exact) mass is 202 g/mol. The fourth-order valence-corrected chi connectivity index (χ4v) is 1.03. The Balaban J connectivity index is 2.28. The van der Waals surface area contributed by atoms with E-state index in [-0.39, 0.29) is 0 Å². The van der Waals surface area contributed by atoms with Gasteiger partial charge in [0, 0.05) is 4.83 Å². The van der Waals surface area contributed by atoms with Crippen LogP contribution in [0.15, 0.2) is 23.0 Å². The molecule has 1 aromatic heterocycles. The first kappa shape index (κ1) is 7.86. The van der Waals surface area contributed by atoms with Crippen LogP contribution in [0, 0.1) is 0 Å². The highest BCUT2D eigenvalue weighted by Gasteiger charge is 1.97. The number of alkyl halides is 1. The maximum Gasteiger partial charge on any atom is 0.0934 e. The summed E-state index contributed by atoms with van der Waals surface area (Å²) in [4.78, 5) is 0.599. The predicted octanol–water partition coefficient (Wildman–Crippen LogP) is 3.00. The lowest BCUT2D eigenvalue weighted by Gasteiger charge is -1.98. The maximum atomic E-state index is 4.93. The van der Waals surface area contributed by atoms with Crippen LogP contribution in [0.4, 0.5) is 0 Å². The number of rotatable bonds is 3. The highest BCUT2D eigenvalue weighted by atomic mass is 79.9. The molecular formula is C8H11BrO. The van der Waals surface area contributed by atoms with Gasteiger partial charge in [0.15, 0.2) is 0 Å². The lowest BCUT2D eigenvalue weighted by molar-refractivity contribution is 0.563. The molecule has 1 aromatic rings. The van der Waals surface area contributed by atoms with E-state index in [4.69, 9.17) is 4.42 Å². The summed E-state index contributed by atoms with van der Waals surface area (Å²) in [6.45, 7) is 2.15.